The lowest BCUT2D eigenvalue weighted by Crippen LogP contribution is -2.44. The van der Waals surface area contributed by atoms with Crippen LogP contribution in [0.2, 0.25) is 0 Å². The highest BCUT2D eigenvalue weighted by atomic mass is 19.1. The number of hydrogen-bond acceptors (Lipinski definition) is 5. The molecule has 3 aromatic rings. The maximum atomic E-state index is 13.5. The Morgan fingerprint density at radius 1 is 1.10 bits per heavy atom. The van der Waals surface area contributed by atoms with Gasteiger partial charge in [-0.1, -0.05) is 6.07 Å². The van der Waals surface area contributed by atoms with Gasteiger partial charge >= 0.3 is 0 Å². The van der Waals surface area contributed by atoms with Crippen molar-refractivity contribution in [3.8, 4) is 0 Å². The number of rotatable bonds is 3. The number of anilines is 1. The van der Waals surface area contributed by atoms with Crippen molar-refractivity contribution in [2.24, 2.45) is 0 Å². The van der Waals surface area contributed by atoms with Crippen molar-refractivity contribution < 1.29 is 4.39 Å². The summed E-state index contributed by atoms with van der Waals surface area (Å²) in [5, 5.41) is 3.71. The summed E-state index contributed by atoms with van der Waals surface area (Å²) in [6.45, 7) is 6.13. The molecule has 2 atom stereocenters. The predicted octanol–water partition coefficient (Wildman–Crippen LogP) is 3.71. The van der Waals surface area contributed by atoms with Crippen molar-refractivity contribution in [1.82, 2.24) is 25.2 Å². The smallest absolute Gasteiger partial charge is 0.141 e. The average molecular weight is 409 g/mol. The fraction of sp³-hybridized carbons (Fsp3) is 0.478. The number of benzene rings is 1. The number of piperidine rings is 1. The second-order valence-corrected chi connectivity index (χ2v) is 8.64. The molecule has 158 valence electrons. The number of hydrogen-bond donors (Lipinski definition) is 2. The highest BCUT2D eigenvalue weighted by Crippen LogP contribution is 2.34. The van der Waals surface area contributed by atoms with Crippen molar-refractivity contribution in [1.29, 1.82) is 0 Å². The topological polar surface area (TPSA) is 60.1 Å². The average Bonchev–Trinajstić information content (AvgIpc) is 3.19. The Morgan fingerprint density at radius 3 is 2.70 bits per heavy atom. The first kappa shape index (κ1) is 19.5. The Labute approximate surface area is 176 Å². The molecule has 7 heteroatoms. The second-order valence-electron chi connectivity index (χ2n) is 8.64. The molecule has 0 radical (unpaired) electrons. The van der Waals surface area contributed by atoms with Gasteiger partial charge in [-0.3, -0.25) is 10.3 Å². The lowest BCUT2D eigenvalue weighted by molar-refractivity contribution is 0.313. The number of halogens is 1. The van der Waals surface area contributed by atoms with Crippen LogP contribution in [-0.2, 0) is 0 Å². The van der Waals surface area contributed by atoms with Gasteiger partial charge in [0.1, 0.15) is 17.2 Å². The molecule has 2 N–H and O–H groups in total. The summed E-state index contributed by atoms with van der Waals surface area (Å²) >= 11 is 0. The van der Waals surface area contributed by atoms with Crippen LogP contribution in [0.5, 0.6) is 0 Å². The van der Waals surface area contributed by atoms with E-state index < -0.39 is 0 Å². The van der Waals surface area contributed by atoms with Crippen molar-refractivity contribution in [2.75, 3.05) is 38.1 Å². The van der Waals surface area contributed by atoms with Crippen LogP contribution in [0.25, 0.3) is 11.0 Å². The minimum Gasteiger partial charge on any atom is -0.367 e. The molecule has 2 unspecified atom stereocenters. The third-order valence-corrected chi connectivity index (χ3v) is 6.49. The van der Waals surface area contributed by atoms with Crippen LogP contribution in [0.1, 0.15) is 48.4 Å². The van der Waals surface area contributed by atoms with E-state index in [1.165, 1.54) is 11.9 Å². The summed E-state index contributed by atoms with van der Waals surface area (Å²) in [5.74, 6) is 0.702. The summed E-state index contributed by atoms with van der Waals surface area (Å²) in [4.78, 5) is 17.8. The van der Waals surface area contributed by atoms with Gasteiger partial charge in [0.25, 0.3) is 0 Å². The van der Waals surface area contributed by atoms with Gasteiger partial charge in [0, 0.05) is 26.2 Å². The summed E-state index contributed by atoms with van der Waals surface area (Å²) < 4.78 is 13.5. The first-order valence-corrected chi connectivity index (χ1v) is 10.9. The van der Waals surface area contributed by atoms with Crippen molar-refractivity contribution >= 4 is 16.7 Å². The van der Waals surface area contributed by atoms with E-state index in [-0.39, 0.29) is 17.9 Å². The highest BCUT2D eigenvalue weighted by molar-refractivity contribution is 5.89. The number of aromatic nitrogens is 3. The number of aryl methyl sites for hydroxylation is 1. The van der Waals surface area contributed by atoms with Crippen LogP contribution in [0, 0.1) is 12.7 Å². The van der Waals surface area contributed by atoms with E-state index >= 15 is 0 Å². The first-order valence-electron chi connectivity index (χ1n) is 10.9. The molecule has 0 bridgehead atoms. The first-order chi connectivity index (χ1) is 14.6. The van der Waals surface area contributed by atoms with E-state index in [0.29, 0.717) is 0 Å². The third kappa shape index (κ3) is 3.68. The molecule has 2 aliphatic rings. The molecule has 0 aliphatic carbocycles. The number of imidazole rings is 1. The highest BCUT2D eigenvalue weighted by Gasteiger charge is 2.28. The van der Waals surface area contributed by atoms with Crippen LogP contribution in [0.3, 0.4) is 0 Å². The molecule has 1 aromatic carbocycles. The van der Waals surface area contributed by atoms with Gasteiger partial charge in [-0.05, 0) is 57.0 Å². The fourth-order valence-corrected chi connectivity index (χ4v) is 4.79. The summed E-state index contributed by atoms with van der Waals surface area (Å²) in [6, 6.07) is 8.23. The molecular formula is C23H29FN6. The lowest BCUT2D eigenvalue weighted by Gasteiger charge is -2.34. The van der Waals surface area contributed by atoms with E-state index in [4.69, 9.17) is 4.98 Å². The van der Waals surface area contributed by atoms with Gasteiger partial charge in [-0.2, -0.15) is 0 Å². The number of nitrogens with zero attached hydrogens (tertiary/aromatic N) is 4. The Morgan fingerprint density at radius 2 is 1.90 bits per heavy atom. The predicted molar refractivity (Wildman–Crippen MR) is 117 cm³/mol. The second kappa shape index (κ2) is 7.96. The molecule has 2 saturated heterocycles. The summed E-state index contributed by atoms with van der Waals surface area (Å²) in [5.41, 5.74) is 5.19. The molecule has 30 heavy (non-hydrogen) atoms. The van der Waals surface area contributed by atoms with Crippen LogP contribution in [0.15, 0.2) is 30.5 Å². The summed E-state index contributed by atoms with van der Waals surface area (Å²) in [6.07, 6.45) is 4.43. The van der Waals surface area contributed by atoms with Gasteiger partial charge < -0.3 is 14.8 Å². The van der Waals surface area contributed by atoms with Crippen LogP contribution < -0.4 is 10.2 Å². The molecule has 5 rings (SSSR count). The zero-order valence-electron chi connectivity index (χ0n) is 17.7. The van der Waals surface area contributed by atoms with Crippen molar-refractivity contribution in [3.63, 3.8) is 0 Å². The van der Waals surface area contributed by atoms with Crippen molar-refractivity contribution in [3.05, 3.63) is 53.4 Å². The van der Waals surface area contributed by atoms with Crippen LogP contribution >= 0.6 is 0 Å². The van der Waals surface area contributed by atoms with E-state index in [2.05, 4.69) is 50.3 Å². The number of pyridine rings is 1. The SMILES string of the molecule is Cc1cc(F)cnc1C1CCCC(c2nc3c(N4CCN(C)CC4)cccc3[nH]2)N1. The molecule has 0 spiro atoms. The number of likely N-dealkylation sites (N-methyl/N-ethyl adjacent to an activating group) is 1. The maximum Gasteiger partial charge on any atom is 0.141 e. The molecule has 2 fully saturated rings. The quantitative estimate of drug-likeness (QED) is 0.692. The van der Waals surface area contributed by atoms with Crippen LogP contribution in [-0.4, -0.2) is 53.1 Å². The minimum atomic E-state index is -0.280. The number of H-pyrrole nitrogens is 1. The molecular weight excluding hydrogens is 379 g/mol. The molecule has 0 amide bonds. The normalized spacial score (nSPS) is 23.2. The molecule has 6 nitrogen and oxygen atoms in total. The van der Waals surface area contributed by atoms with E-state index in [1.54, 1.807) is 6.07 Å². The maximum absolute atomic E-state index is 13.5. The Bertz CT molecular complexity index is 1040. The molecule has 0 saturated carbocycles. The van der Waals surface area contributed by atoms with Gasteiger partial charge in [-0.15, -0.1) is 0 Å². The zero-order valence-corrected chi connectivity index (χ0v) is 17.7. The van der Waals surface area contributed by atoms with E-state index in [9.17, 15) is 4.39 Å². The number of para-hydroxylation sites is 1. The zero-order chi connectivity index (χ0) is 20.7. The number of aromatic amines is 1. The Kier molecular flexibility index (Phi) is 5.16. The van der Waals surface area contributed by atoms with Gasteiger partial charge in [-0.25, -0.2) is 9.37 Å². The lowest BCUT2D eigenvalue weighted by atomic mass is 9.94. The molecule has 2 aliphatic heterocycles. The van der Waals surface area contributed by atoms with Gasteiger partial charge in [0.05, 0.1) is 35.2 Å². The van der Waals surface area contributed by atoms with E-state index in [1.807, 2.05) is 6.92 Å². The van der Waals surface area contributed by atoms with Crippen LogP contribution in [0.4, 0.5) is 10.1 Å². The Balaban J connectivity index is 1.41. The number of nitrogens with one attached hydrogen (secondary N) is 2. The Hall–Kier alpha value is -2.51. The monoisotopic (exact) mass is 408 g/mol. The largest absolute Gasteiger partial charge is 0.367 e. The molecule has 4 heterocycles. The van der Waals surface area contributed by atoms with E-state index in [0.717, 1.165) is 73.6 Å². The van der Waals surface area contributed by atoms with Gasteiger partial charge in [0.2, 0.25) is 0 Å². The fourth-order valence-electron chi connectivity index (χ4n) is 4.79. The van der Waals surface area contributed by atoms with Crippen molar-refractivity contribution in [2.45, 2.75) is 38.3 Å². The number of fused-ring (bicyclic) bond motifs is 1. The third-order valence-electron chi connectivity index (χ3n) is 6.49. The number of piperazine rings is 1. The minimum absolute atomic E-state index is 0.120. The van der Waals surface area contributed by atoms with Gasteiger partial charge in [0.15, 0.2) is 0 Å². The summed E-state index contributed by atoms with van der Waals surface area (Å²) in [7, 11) is 2.17. The molecule has 2 aromatic heterocycles. The standard InChI is InChI=1S/C23H29FN6/c1-15-13-16(24)14-25-21(15)17-5-3-7-19(26-17)23-27-18-6-4-8-20(22(18)28-23)30-11-9-29(2)10-12-30/h4,6,8,13-14,17,19,26H,3,5,7,9-12H2,1-2H3,(H,27,28).